The Morgan fingerprint density at radius 2 is 1.90 bits per heavy atom. The molecule has 0 atom stereocenters. The van der Waals surface area contributed by atoms with Gasteiger partial charge in [0.1, 0.15) is 21.9 Å². The summed E-state index contributed by atoms with van der Waals surface area (Å²) < 4.78 is 12.0. The highest BCUT2D eigenvalue weighted by Gasteiger charge is 2.35. The van der Waals surface area contributed by atoms with E-state index < -0.39 is 11.5 Å². The Bertz CT molecular complexity index is 1080. The molecule has 2 aromatic heterocycles. The number of carbonyl (C=O) groups is 1. The summed E-state index contributed by atoms with van der Waals surface area (Å²) in [6.07, 6.45) is 1.24. The molecule has 7 heteroatoms. The lowest BCUT2D eigenvalue weighted by atomic mass is 10.0. The molecule has 2 heterocycles. The molecule has 0 aliphatic rings. The van der Waals surface area contributed by atoms with Crippen molar-refractivity contribution in [2.75, 3.05) is 13.7 Å². The normalized spacial score (nSPS) is 11.6. The standard InChI is InChI=1S/C22H26N2O4S/c1-6-16-13-17-19(29-16)23-18(12-14-8-10-15(27-5)11-9-14)24(20(17)25)22(3,4)21(26)28-7-2/h8-11,13H,6-7,12H2,1-5H3. The topological polar surface area (TPSA) is 70.4 Å². The van der Waals surface area contributed by atoms with Gasteiger partial charge >= 0.3 is 5.97 Å². The Labute approximate surface area is 174 Å². The van der Waals surface area contributed by atoms with Crippen molar-refractivity contribution in [1.82, 2.24) is 9.55 Å². The second-order valence-corrected chi connectivity index (χ2v) is 8.37. The quantitative estimate of drug-likeness (QED) is 0.548. The van der Waals surface area contributed by atoms with Gasteiger partial charge < -0.3 is 9.47 Å². The van der Waals surface area contributed by atoms with Crippen LogP contribution in [0.3, 0.4) is 0 Å². The van der Waals surface area contributed by atoms with Crippen molar-refractivity contribution in [3.05, 3.63) is 57.0 Å². The van der Waals surface area contributed by atoms with Gasteiger partial charge in [-0.1, -0.05) is 19.1 Å². The zero-order chi connectivity index (χ0) is 21.2. The molecule has 0 saturated heterocycles. The summed E-state index contributed by atoms with van der Waals surface area (Å²) in [4.78, 5) is 32.7. The Balaban J connectivity index is 2.19. The number of rotatable bonds is 7. The van der Waals surface area contributed by atoms with Gasteiger partial charge in [-0.05, 0) is 51.0 Å². The fraction of sp³-hybridized carbons (Fsp3) is 0.409. The summed E-state index contributed by atoms with van der Waals surface area (Å²) in [5, 5.41) is 0.544. The molecule has 3 rings (SSSR count). The average Bonchev–Trinajstić information content (AvgIpc) is 3.12. The first kappa shape index (κ1) is 21.0. The van der Waals surface area contributed by atoms with Gasteiger partial charge in [0, 0.05) is 11.3 Å². The van der Waals surface area contributed by atoms with Crippen LogP contribution in [0, 0.1) is 0 Å². The number of nitrogens with zero attached hydrogens (tertiary/aromatic N) is 2. The lowest BCUT2D eigenvalue weighted by molar-refractivity contribution is -0.152. The van der Waals surface area contributed by atoms with E-state index in [1.54, 1.807) is 27.9 Å². The lowest BCUT2D eigenvalue weighted by Crippen LogP contribution is -2.45. The molecule has 0 saturated carbocycles. The third-order valence-corrected chi connectivity index (χ3v) is 6.06. The summed E-state index contributed by atoms with van der Waals surface area (Å²) in [7, 11) is 1.62. The Morgan fingerprint density at radius 1 is 1.21 bits per heavy atom. The lowest BCUT2D eigenvalue weighted by Gasteiger charge is -2.27. The summed E-state index contributed by atoms with van der Waals surface area (Å²) in [6.45, 7) is 7.45. The van der Waals surface area contributed by atoms with Gasteiger partial charge in [-0.25, -0.2) is 9.78 Å². The third kappa shape index (κ3) is 4.05. The third-order valence-electron chi connectivity index (χ3n) is 4.89. The number of carbonyl (C=O) groups excluding carboxylic acids is 1. The van der Waals surface area contributed by atoms with Crippen LogP contribution in [0.15, 0.2) is 35.1 Å². The van der Waals surface area contributed by atoms with E-state index in [0.717, 1.165) is 22.6 Å². The van der Waals surface area contributed by atoms with Crippen molar-refractivity contribution in [3.63, 3.8) is 0 Å². The number of fused-ring (bicyclic) bond motifs is 1. The van der Waals surface area contributed by atoms with Crippen LogP contribution in [0.5, 0.6) is 5.75 Å². The van der Waals surface area contributed by atoms with Crippen LogP contribution in [0.2, 0.25) is 0 Å². The molecule has 0 N–H and O–H groups in total. The van der Waals surface area contributed by atoms with Crippen LogP contribution < -0.4 is 10.3 Å². The number of esters is 1. The Morgan fingerprint density at radius 3 is 2.48 bits per heavy atom. The number of benzene rings is 1. The second kappa shape index (κ2) is 8.37. The van der Waals surface area contributed by atoms with Crippen LogP contribution >= 0.6 is 11.3 Å². The maximum atomic E-state index is 13.4. The van der Waals surface area contributed by atoms with E-state index in [2.05, 4.69) is 0 Å². The van der Waals surface area contributed by atoms with Crippen LogP contribution in [0.1, 0.15) is 44.0 Å². The van der Waals surface area contributed by atoms with E-state index in [9.17, 15) is 9.59 Å². The molecule has 3 aromatic rings. The van der Waals surface area contributed by atoms with Crippen LogP contribution in [-0.2, 0) is 27.9 Å². The predicted octanol–water partition coefficient (Wildman–Crippen LogP) is 3.92. The summed E-state index contributed by atoms with van der Waals surface area (Å²) in [5.41, 5.74) is -0.421. The molecule has 29 heavy (non-hydrogen) atoms. The minimum atomic E-state index is -1.18. The van der Waals surface area contributed by atoms with Gasteiger partial charge in [-0.15, -0.1) is 11.3 Å². The van der Waals surface area contributed by atoms with Crippen molar-refractivity contribution < 1.29 is 14.3 Å². The fourth-order valence-electron chi connectivity index (χ4n) is 3.27. The smallest absolute Gasteiger partial charge is 0.331 e. The van der Waals surface area contributed by atoms with E-state index in [0.29, 0.717) is 22.5 Å². The van der Waals surface area contributed by atoms with Crippen molar-refractivity contribution in [2.45, 2.75) is 46.1 Å². The van der Waals surface area contributed by atoms with Gasteiger partial charge in [0.15, 0.2) is 0 Å². The average molecular weight is 415 g/mol. The summed E-state index contributed by atoms with van der Waals surface area (Å²) in [5.74, 6) is 0.840. The number of ether oxygens (including phenoxy) is 2. The highest BCUT2D eigenvalue weighted by Crippen LogP contribution is 2.26. The Hall–Kier alpha value is -2.67. The first-order valence-electron chi connectivity index (χ1n) is 9.66. The maximum absolute atomic E-state index is 13.4. The Kier molecular flexibility index (Phi) is 6.07. The van der Waals surface area contributed by atoms with E-state index in [1.807, 2.05) is 37.3 Å². The van der Waals surface area contributed by atoms with Crippen molar-refractivity contribution >= 4 is 27.5 Å². The van der Waals surface area contributed by atoms with Gasteiger partial charge in [0.05, 0.1) is 19.1 Å². The molecule has 0 unspecified atom stereocenters. The molecule has 1 aromatic carbocycles. The van der Waals surface area contributed by atoms with Gasteiger partial charge in [-0.2, -0.15) is 0 Å². The monoisotopic (exact) mass is 414 g/mol. The second-order valence-electron chi connectivity index (χ2n) is 7.26. The number of methoxy groups -OCH3 is 1. The molecule has 154 valence electrons. The first-order valence-corrected chi connectivity index (χ1v) is 10.5. The SMILES string of the molecule is CCOC(=O)C(C)(C)n1c(Cc2ccc(OC)cc2)nc2sc(CC)cc2c1=O. The number of thiophene rings is 1. The van der Waals surface area contributed by atoms with Gasteiger partial charge in [0.25, 0.3) is 5.56 Å². The molecular formula is C22H26N2O4S. The van der Waals surface area contributed by atoms with E-state index in [1.165, 1.54) is 15.9 Å². The molecule has 0 amide bonds. The summed E-state index contributed by atoms with van der Waals surface area (Å²) >= 11 is 1.52. The zero-order valence-electron chi connectivity index (χ0n) is 17.4. The van der Waals surface area contributed by atoms with Crippen molar-refractivity contribution in [3.8, 4) is 5.75 Å². The molecule has 0 fully saturated rings. The molecule has 0 radical (unpaired) electrons. The van der Waals surface area contributed by atoms with Crippen molar-refractivity contribution in [2.24, 2.45) is 0 Å². The molecule has 0 spiro atoms. The number of hydrogen-bond acceptors (Lipinski definition) is 6. The van der Waals surface area contributed by atoms with Gasteiger partial charge in [0.2, 0.25) is 0 Å². The van der Waals surface area contributed by atoms with Crippen LogP contribution in [0.25, 0.3) is 10.2 Å². The summed E-state index contributed by atoms with van der Waals surface area (Å²) in [6, 6.07) is 9.48. The minimum absolute atomic E-state index is 0.215. The first-order chi connectivity index (χ1) is 13.8. The van der Waals surface area contributed by atoms with Gasteiger partial charge in [-0.3, -0.25) is 9.36 Å². The number of hydrogen-bond donors (Lipinski definition) is 0. The molecule has 6 nitrogen and oxygen atoms in total. The predicted molar refractivity (Wildman–Crippen MR) is 115 cm³/mol. The largest absolute Gasteiger partial charge is 0.497 e. The molecule has 0 aliphatic carbocycles. The van der Waals surface area contributed by atoms with E-state index in [4.69, 9.17) is 14.5 Å². The number of aryl methyl sites for hydroxylation is 1. The molecular weight excluding hydrogens is 388 g/mol. The molecule has 0 aliphatic heterocycles. The van der Waals surface area contributed by atoms with E-state index in [-0.39, 0.29) is 12.2 Å². The van der Waals surface area contributed by atoms with Crippen molar-refractivity contribution in [1.29, 1.82) is 0 Å². The zero-order valence-corrected chi connectivity index (χ0v) is 18.3. The molecule has 0 bridgehead atoms. The van der Waals surface area contributed by atoms with E-state index >= 15 is 0 Å². The van der Waals surface area contributed by atoms with Crippen LogP contribution in [0.4, 0.5) is 0 Å². The fourth-order valence-corrected chi connectivity index (χ4v) is 4.24. The number of aromatic nitrogens is 2. The highest BCUT2D eigenvalue weighted by molar-refractivity contribution is 7.18. The van der Waals surface area contributed by atoms with Crippen LogP contribution in [-0.4, -0.2) is 29.2 Å². The minimum Gasteiger partial charge on any atom is -0.497 e. The maximum Gasteiger partial charge on any atom is 0.331 e. The highest BCUT2D eigenvalue weighted by atomic mass is 32.1.